The zero-order valence-electron chi connectivity index (χ0n) is 13.9. The molecule has 2 aromatic rings. The molecule has 6 nitrogen and oxygen atoms in total. The lowest BCUT2D eigenvalue weighted by atomic mass is 10.2. The summed E-state index contributed by atoms with van der Waals surface area (Å²) in [6.45, 7) is 3.87. The van der Waals surface area contributed by atoms with E-state index in [9.17, 15) is 9.18 Å². The Morgan fingerprint density at radius 1 is 1.44 bits per heavy atom. The molecule has 132 valence electrons. The quantitative estimate of drug-likeness (QED) is 0.925. The predicted molar refractivity (Wildman–Crippen MR) is 89.9 cm³/mol. The van der Waals surface area contributed by atoms with E-state index in [1.807, 2.05) is 13.0 Å². The number of hydrogen-bond acceptors (Lipinski definition) is 4. The molecule has 1 unspecified atom stereocenters. The molecule has 25 heavy (non-hydrogen) atoms. The fraction of sp³-hybridized carbons (Fsp3) is 0.333. The van der Waals surface area contributed by atoms with Gasteiger partial charge in [-0.15, -0.1) is 0 Å². The molecule has 3 rings (SSSR count). The molecule has 1 atom stereocenters. The van der Waals surface area contributed by atoms with E-state index >= 15 is 0 Å². The molecule has 2 heterocycles. The Kier molecular flexibility index (Phi) is 5.45. The zero-order chi connectivity index (χ0) is 17.6. The number of aromatic nitrogens is 1. The molecule has 1 aromatic carbocycles. The van der Waals surface area contributed by atoms with Crippen LogP contribution in [0.15, 0.2) is 42.6 Å². The minimum absolute atomic E-state index is 0.0322. The van der Waals surface area contributed by atoms with Crippen molar-refractivity contribution in [3.8, 4) is 11.6 Å². The van der Waals surface area contributed by atoms with Gasteiger partial charge >= 0.3 is 6.03 Å². The van der Waals surface area contributed by atoms with Crippen LogP contribution in [0, 0.1) is 5.82 Å². The molecular formula is C18H20FN3O3. The maximum atomic E-state index is 13.3. The molecule has 0 bridgehead atoms. The molecule has 2 amide bonds. The number of benzene rings is 1. The SMILES string of the molecule is CC1CN(C(=O)NCc2cccnc2Oc2cccc(F)c2)CCO1. The number of amides is 2. The monoisotopic (exact) mass is 345 g/mol. The van der Waals surface area contributed by atoms with Crippen LogP contribution in [0.3, 0.4) is 0 Å². The second-order valence-electron chi connectivity index (χ2n) is 5.81. The van der Waals surface area contributed by atoms with Gasteiger partial charge in [0.05, 0.1) is 12.7 Å². The first-order valence-electron chi connectivity index (χ1n) is 8.13. The summed E-state index contributed by atoms with van der Waals surface area (Å²) in [5.74, 6) is 0.307. The largest absolute Gasteiger partial charge is 0.439 e. The van der Waals surface area contributed by atoms with Gasteiger partial charge in [-0.3, -0.25) is 0 Å². The lowest BCUT2D eigenvalue weighted by Gasteiger charge is -2.31. The summed E-state index contributed by atoms with van der Waals surface area (Å²) < 4.78 is 24.4. The number of hydrogen-bond donors (Lipinski definition) is 1. The fourth-order valence-corrected chi connectivity index (χ4v) is 2.58. The number of carbonyl (C=O) groups excluding carboxylic acids is 1. The summed E-state index contributed by atoms with van der Waals surface area (Å²) in [6.07, 6.45) is 1.62. The summed E-state index contributed by atoms with van der Waals surface area (Å²) in [5, 5.41) is 2.86. The second-order valence-corrected chi connectivity index (χ2v) is 5.81. The van der Waals surface area contributed by atoms with E-state index in [1.165, 1.54) is 12.1 Å². The number of urea groups is 1. The lowest BCUT2D eigenvalue weighted by Crippen LogP contribution is -2.48. The summed E-state index contributed by atoms with van der Waals surface area (Å²) in [4.78, 5) is 18.2. The minimum Gasteiger partial charge on any atom is -0.439 e. The number of nitrogens with zero attached hydrogens (tertiary/aromatic N) is 2. The normalized spacial score (nSPS) is 17.2. The van der Waals surface area contributed by atoms with Crippen LogP contribution in [0.25, 0.3) is 0 Å². The van der Waals surface area contributed by atoms with Gasteiger partial charge in [0, 0.05) is 37.5 Å². The van der Waals surface area contributed by atoms with Gasteiger partial charge in [0.1, 0.15) is 11.6 Å². The van der Waals surface area contributed by atoms with Crippen LogP contribution >= 0.6 is 0 Å². The Morgan fingerprint density at radius 3 is 3.12 bits per heavy atom. The van der Waals surface area contributed by atoms with E-state index in [0.717, 1.165) is 0 Å². The van der Waals surface area contributed by atoms with Gasteiger partial charge in [-0.05, 0) is 25.1 Å². The number of ether oxygens (including phenoxy) is 2. The standard InChI is InChI=1S/C18H20FN3O3/c1-13-12-22(8-9-24-13)18(23)21-11-14-4-3-7-20-17(14)25-16-6-2-5-15(19)10-16/h2-7,10,13H,8-9,11-12H2,1H3,(H,21,23). The highest BCUT2D eigenvalue weighted by molar-refractivity contribution is 5.74. The first kappa shape index (κ1) is 17.2. The number of rotatable bonds is 4. The second kappa shape index (κ2) is 7.94. The highest BCUT2D eigenvalue weighted by Crippen LogP contribution is 2.23. The molecule has 1 fully saturated rings. The Bertz CT molecular complexity index is 741. The Morgan fingerprint density at radius 2 is 2.32 bits per heavy atom. The van der Waals surface area contributed by atoms with Gasteiger partial charge in [0.2, 0.25) is 5.88 Å². The van der Waals surface area contributed by atoms with Gasteiger partial charge in [-0.1, -0.05) is 12.1 Å². The van der Waals surface area contributed by atoms with Crippen LogP contribution in [0.2, 0.25) is 0 Å². The molecule has 1 saturated heterocycles. The van der Waals surface area contributed by atoms with E-state index in [-0.39, 0.29) is 24.5 Å². The van der Waals surface area contributed by atoms with Crippen LogP contribution in [0.4, 0.5) is 9.18 Å². The molecule has 1 aliphatic rings. The summed E-state index contributed by atoms with van der Waals surface area (Å²) in [5.41, 5.74) is 0.710. The molecular weight excluding hydrogens is 325 g/mol. The van der Waals surface area contributed by atoms with Crippen LogP contribution in [-0.2, 0) is 11.3 Å². The maximum Gasteiger partial charge on any atom is 0.317 e. The molecule has 0 radical (unpaired) electrons. The van der Waals surface area contributed by atoms with Gasteiger partial charge in [-0.2, -0.15) is 0 Å². The molecule has 1 N–H and O–H groups in total. The lowest BCUT2D eigenvalue weighted by molar-refractivity contribution is -0.00352. The van der Waals surface area contributed by atoms with Crippen LogP contribution in [0.1, 0.15) is 12.5 Å². The Balaban J connectivity index is 1.63. The maximum absolute atomic E-state index is 13.3. The number of pyridine rings is 1. The third-order valence-corrected chi connectivity index (χ3v) is 3.82. The van der Waals surface area contributed by atoms with Gasteiger partial charge in [-0.25, -0.2) is 14.2 Å². The third kappa shape index (κ3) is 4.67. The molecule has 0 aliphatic carbocycles. The first-order chi connectivity index (χ1) is 12.1. The van der Waals surface area contributed by atoms with Crippen LogP contribution in [0.5, 0.6) is 11.6 Å². The topological polar surface area (TPSA) is 63.7 Å². The van der Waals surface area contributed by atoms with Crippen molar-refractivity contribution in [2.75, 3.05) is 19.7 Å². The van der Waals surface area contributed by atoms with Crippen LogP contribution < -0.4 is 10.1 Å². The van der Waals surface area contributed by atoms with Crippen molar-refractivity contribution in [1.82, 2.24) is 15.2 Å². The summed E-state index contributed by atoms with van der Waals surface area (Å²) in [7, 11) is 0. The summed E-state index contributed by atoms with van der Waals surface area (Å²) >= 11 is 0. The van der Waals surface area contributed by atoms with Crippen molar-refractivity contribution >= 4 is 6.03 Å². The van der Waals surface area contributed by atoms with Gasteiger partial charge in [0.25, 0.3) is 0 Å². The van der Waals surface area contributed by atoms with Crippen molar-refractivity contribution in [2.45, 2.75) is 19.6 Å². The Labute approximate surface area is 145 Å². The van der Waals surface area contributed by atoms with Crippen molar-refractivity contribution in [3.63, 3.8) is 0 Å². The fourth-order valence-electron chi connectivity index (χ4n) is 2.58. The van der Waals surface area contributed by atoms with E-state index in [4.69, 9.17) is 9.47 Å². The van der Waals surface area contributed by atoms with E-state index < -0.39 is 0 Å². The summed E-state index contributed by atoms with van der Waals surface area (Å²) in [6, 6.07) is 9.25. The van der Waals surface area contributed by atoms with Gasteiger partial charge in [0.15, 0.2) is 0 Å². The number of morpholine rings is 1. The Hall–Kier alpha value is -2.67. The molecule has 7 heteroatoms. The molecule has 0 spiro atoms. The van der Waals surface area contributed by atoms with E-state index in [2.05, 4.69) is 10.3 Å². The highest BCUT2D eigenvalue weighted by atomic mass is 19.1. The first-order valence-corrected chi connectivity index (χ1v) is 8.13. The van der Waals surface area contributed by atoms with Crippen molar-refractivity contribution in [2.24, 2.45) is 0 Å². The average molecular weight is 345 g/mol. The van der Waals surface area contributed by atoms with E-state index in [0.29, 0.717) is 36.9 Å². The number of carbonyl (C=O) groups is 1. The average Bonchev–Trinajstić information content (AvgIpc) is 2.61. The van der Waals surface area contributed by atoms with Crippen molar-refractivity contribution in [3.05, 3.63) is 54.0 Å². The highest BCUT2D eigenvalue weighted by Gasteiger charge is 2.21. The smallest absolute Gasteiger partial charge is 0.317 e. The van der Waals surface area contributed by atoms with Crippen molar-refractivity contribution < 1.29 is 18.7 Å². The molecule has 1 aromatic heterocycles. The van der Waals surface area contributed by atoms with Crippen LogP contribution in [-0.4, -0.2) is 41.7 Å². The van der Waals surface area contributed by atoms with E-state index in [1.54, 1.807) is 29.3 Å². The number of halogens is 1. The molecule has 1 aliphatic heterocycles. The molecule has 0 saturated carbocycles. The minimum atomic E-state index is -0.385. The predicted octanol–water partition coefficient (Wildman–Crippen LogP) is 2.94. The zero-order valence-corrected chi connectivity index (χ0v) is 13.9. The van der Waals surface area contributed by atoms with Crippen molar-refractivity contribution in [1.29, 1.82) is 0 Å². The third-order valence-electron chi connectivity index (χ3n) is 3.82. The number of nitrogens with one attached hydrogen (secondary N) is 1. The van der Waals surface area contributed by atoms with Gasteiger partial charge < -0.3 is 19.7 Å².